The molecule has 1 N–H and O–H groups in total. The largest absolute Gasteiger partial charge is 0.506 e. The number of hydrogen-bond donors (Lipinski definition) is 1. The van der Waals surface area contributed by atoms with Crippen molar-refractivity contribution in [3.63, 3.8) is 0 Å². The highest BCUT2D eigenvalue weighted by Crippen LogP contribution is 2.42. The molecule has 2 aliphatic rings. The number of phenolic OH excluding ortho intramolecular Hbond substituents is 1. The van der Waals surface area contributed by atoms with Crippen molar-refractivity contribution in [3.8, 4) is 11.8 Å². The highest BCUT2D eigenvalue weighted by atomic mass is 19.1. The number of aromatic hydroxyl groups is 1. The summed E-state index contributed by atoms with van der Waals surface area (Å²) in [6.07, 6.45) is 5.87. The molecule has 0 amide bonds. The molecular formula is C26H28FN5O2. The minimum absolute atomic E-state index is 0.00267. The Morgan fingerprint density at radius 2 is 1.68 bits per heavy atom. The van der Waals surface area contributed by atoms with Crippen molar-refractivity contribution < 1.29 is 9.50 Å². The van der Waals surface area contributed by atoms with Crippen molar-refractivity contribution in [2.75, 3.05) is 16.8 Å². The number of pyridine rings is 2. The summed E-state index contributed by atoms with van der Waals surface area (Å²) in [6, 6.07) is 12.3. The highest BCUT2D eigenvalue weighted by molar-refractivity contribution is 5.88. The van der Waals surface area contributed by atoms with Gasteiger partial charge in [-0.05, 0) is 62.8 Å². The van der Waals surface area contributed by atoms with E-state index in [0.29, 0.717) is 28.5 Å². The molecule has 2 fully saturated rings. The van der Waals surface area contributed by atoms with Gasteiger partial charge in [0.2, 0.25) is 0 Å². The number of rotatable bonds is 5. The molecule has 0 radical (unpaired) electrons. The van der Waals surface area contributed by atoms with Gasteiger partial charge in [-0.15, -0.1) is 0 Å². The van der Waals surface area contributed by atoms with E-state index < -0.39 is 5.82 Å². The van der Waals surface area contributed by atoms with Crippen LogP contribution in [-0.4, -0.2) is 39.8 Å². The lowest BCUT2D eigenvalue weighted by molar-refractivity contribution is 0.363. The fourth-order valence-electron chi connectivity index (χ4n) is 5.32. The molecule has 0 unspecified atom stereocenters. The summed E-state index contributed by atoms with van der Waals surface area (Å²) in [5.74, 6) is -0.436. The molecule has 2 aliphatic carbocycles. The average Bonchev–Trinajstić information content (AvgIpc) is 3.68. The van der Waals surface area contributed by atoms with Gasteiger partial charge in [0.1, 0.15) is 28.8 Å². The number of anilines is 2. The van der Waals surface area contributed by atoms with Crippen LogP contribution in [0.15, 0.2) is 41.2 Å². The molecular weight excluding hydrogens is 433 g/mol. The first kappa shape index (κ1) is 22.2. The molecule has 0 atom stereocenters. The summed E-state index contributed by atoms with van der Waals surface area (Å²) >= 11 is 0. The molecule has 8 heteroatoms. The van der Waals surface area contributed by atoms with Crippen LogP contribution in [0.25, 0.3) is 11.0 Å². The molecule has 3 aromatic rings. The number of benzene rings is 1. The van der Waals surface area contributed by atoms with Crippen molar-refractivity contribution in [2.45, 2.75) is 56.7 Å². The van der Waals surface area contributed by atoms with E-state index in [1.54, 1.807) is 35.9 Å². The molecule has 0 saturated heterocycles. The van der Waals surface area contributed by atoms with Crippen LogP contribution in [0, 0.1) is 17.1 Å². The van der Waals surface area contributed by atoms with E-state index in [1.807, 2.05) is 7.05 Å². The number of halogens is 1. The van der Waals surface area contributed by atoms with Gasteiger partial charge in [0.15, 0.2) is 0 Å². The number of fused-ring (bicyclic) bond motifs is 1. The Kier molecular flexibility index (Phi) is 5.64. The van der Waals surface area contributed by atoms with Gasteiger partial charge >= 0.3 is 0 Å². The van der Waals surface area contributed by atoms with Gasteiger partial charge in [0.05, 0.1) is 16.9 Å². The Labute approximate surface area is 197 Å². The van der Waals surface area contributed by atoms with Crippen LogP contribution in [0.5, 0.6) is 5.75 Å². The number of nitrogens with zero attached hydrogens (tertiary/aromatic N) is 5. The lowest BCUT2D eigenvalue weighted by Crippen LogP contribution is -2.44. The van der Waals surface area contributed by atoms with Crippen molar-refractivity contribution in [2.24, 2.45) is 7.05 Å². The maximum Gasteiger partial charge on any atom is 0.252 e. The van der Waals surface area contributed by atoms with Gasteiger partial charge in [0.25, 0.3) is 5.56 Å². The summed E-state index contributed by atoms with van der Waals surface area (Å²) in [7, 11) is 3.70. The third-order valence-corrected chi connectivity index (χ3v) is 7.33. The summed E-state index contributed by atoms with van der Waals surface area (Å²) in [4.78, 5) is 21.6. The Bertz CT molecular complexity index is 1340. The van der Waals surface area contributed by atoms with E-state index in [2.05, 4.69) is 20.9 Å². The molecule has 7 nitrogen and oxygen atoms in total. The van der Waals surface area contributed by atoms with Crippen LogP contribution in [-0.2, 0) is 7.05 Å². The van der Waals surface area contributed by atoms with Crippen molar-refractivity contribution in [3.05, 3.63) is 58.3 Å². The van der Waals surface area contributed by atoms with Gasteiger partial charge in [0, 0.05) is 44.4 Å². The fourth-order valence-corrected chi connectivity index (χ4v) is 5.32. The summed E-state index contributed by atoms with van der Waals surface area (Å²) in [5.41, 5.74) is 3.03. The van der Waals surface area contributed by atoms with E-state index in [9.17, 15) is 19.6 Å². The first-order valence-corrected chi connectivity index (χ1v) is 11.8. The number of nitriles is 1. The van der Waals surface area contributed by atoms with Gasteiger partial charge in [-0.25, -0.2) is 9.37 Å². The Morgan fingerprint density at radius 3 is 2.29 bits per heavy atom. The fraction of sp³-hybridized carbons (Fsp3) is 0.423. The van der Waals surface area contributed by atoms with E-state index in [1.165, 1.54) is 12.1 Å². The van der Waals surface area contributed by atoms with Crippen LogP contribution in [0.4, 0.5) is 15.8 Å². The second-order valence-corrected chi connectivity index (χ2v) is 9.45. The first-order chi connectivity index (χ1) is 16.4. The van der Waals surface area contributed by atoms with Crippen LogP contribution in [0.2, 0.25) is 0 Å². The van der Waals surface area contributed by atoms with Gasteiger partial charge in [-0.1, -0.05) is 0 Å². The van der Waals surface area contributed by atoms with Gasteiger partial charge in [-0.2, -0.15) is 5.26 Å². The van der Waals surface area contributed by atoms with Gasteiger partial charge < -0.3 is 19.5 Å². The Balaban J connectivity index is 1.39. The van der Waals surface area contributed by atoms with Crippen molar-refractivity contribution in [1.82, 2.24) is 9.55 Å². The molecule has 2 aromatic heterocycles. The molecule has 176 valence electrons. The number of aromatic nitrogens is 2. The van der Waals surface area contributed by atoms with E-state index in [4.69, 9.17) is 0 Å². The zero-order valence-corrected chi connectivity index (χ0v) is 19.4. The third-order valence-electron chi connectivity index (χ3n) is 7.33. The standard InChI is InChI=1S/C26H28FN5O2/c1-30(23-14-25(34)31(2)22-12-4-17(15-28)29-26(22)23)18-5-7-19(8-6-18)32(20-9-10-20)21-11-3-16(27)13-24(21)33/h3-4,11-14,18-20,33H,5-10H2,1-2H3/t18-,19-. The maximum atomic E-state index is 13.6. The zero-order valence-electron chi connectivity index (χ0n) is 19.4. The normalized spacial score (nSPS) is 20.2. The SMILES string of the molecule is Cn1c(=O)cc(N(C)[C@H]2CC[C@H](N(c3ccc(F)cc3O)C3CC3)CC2)c2nc(C#N)ccc21. The van der Waals surface area contributed by atoms with Crippen LogP contribution >= 0.6 is 0 Å². The molecule has 0 bridgehead atoms. The van der Waals surface area contributed by atoms with Crippen LogP contribution in [0.1, 0.15) is 44.2 Å². The van der Waals surface area contributed by atoms with E-state index in [-0.39, 0.29) is 23.4 Å². The predicted octanol–water partition coefficient (Wildman–Crippen LogP) is 4.07. The van der Waals surface area contributed by atoms with Crippen molar-refractivity contribution in [1.29, 1.82) is 5.26 Å². The summed E-state index contributed by atoms with van der Waals surface area (Å²) in [5, 5.41) is 19.7. The average molecular weight is 462 g/mol. The predicted molar refractivity (Wildman–Crippen MR) is 130 cm³/mol. The van der Waals surface area contributed by atoms with Crippen molar-refractivity contribution >= 4 is 22.4 Å². The monoisotopic (exact) mass is 461 g/mol. The maximum absolute atomic E-state index is 13.6. The summed E-state index contributed by atoms with van der Waals surface area (Å²) in [6.45, 7) is 0. The molecule has 2 heterocycles. The molecule has 0 aliphatic heterocycles. The summed E-state index contributed by atoms with van der Waals surface area (Å²) < 4.78 is 15.1. The molecule has 2 saturated carbocycles. The quantitative estimate of drug-likeness (QED) is 0.617. The first-order valence-electron chi connectivity index (χ1n) is 11.8. The van der Waals surface area contributed by atoms with Crippen LogP contribution in [0.3, 0.4) is 0 Å². The Morgan fingerprint density at radius 1 is 1.03 bits per heavy atom. The van der Waals surface area contributed by atoms with E-state index in [0.717, 1.165) is 44.2 Å². The number of aryl methyl sites for hydroxylation is 1. The topological polar surface area (TPSA) is 85.4 Å². The lowest BCUT2D eigenvalue weighted by atomic mass is 9.88. The number of hydrogen-bond acceptors (Lipinski definition) is 6. The minimum atomic E-state index is -0.434. The highest BCUT2D eigenvalue weighted by Gasteiger charge is 2.38. The van der Waals surface area contributed by atoms with E-state index >= 15 is 0 Å². The third kappa shape index (κ3) is 3.96. The second kappa shape index (κ2) is 8.64. The zero-order chi connectivity index (χ0) is 24.0. The second-order valence-electron chi connectivity index (χ2n) is 9.45. The molecule has 1 aromatic carbocycles. The number of phenols is 1. The smallest absolute Gasteiger partial charge is 0.252 e. The minimum Gasteiger partial charge on any atom is -0.506 e. The lowest BCUT2D eigenvalue weighted by Gasteiger charge is -2.41. The molecule has 34 heavy (non-hydrogen) atoms. The van der Waals surface area contributed by atoms with Crippen LogP contribution < -0.4 is 15.4 Å². The van der Waals surface area contributed by atoms with Gasteiger partial charge in [-0.3, -0.25) is 4.79 Å². The molecule has 0 spiro atoms. The molecule has 5 rings (SSSR count). The Hall–Kier alpha value is -3.60.